The number of benzene rings is 1. The van der Waals surface area contributed by atoms with Crippen LogP contribution in [0.2, 0.25) is 0 Å². The smallest absolute Gasteiger partial charge is 0.269 e. The highest BCUT2D eigenvalue weighted by Gasteiger charge is 2.10. The summed E-state index contributed by atoms with van der Waals surface area (Å²) in [5, 5.41) is 14.2. The van der Waals surface area contributed by atoms with Gasteiger partial charge in [-0.2, -0.15) is 5.10 Å². The Hall–Kier alpha value is -2.57. The number of nitrogens with zero attached hydrogens (tertiary/aromatic N) is 4. The number of aromatic nitrogens is 3. The maximum absolute atomic E-state index is 11.7. The zero-order valence-corrected chi connectivity index (χ0v) is 8.68. The number of ketones is 1. The van der Waals surface area contributed by atoms with Crippen LogP contribution in [0.15, 0.2) is 36.9 Å². The molecule has 0 fully saturated rings. The summed E-state index contributed by atoms with van der Waals surface area (Å²) < 4.78 is 1.39. The molecule has 0 radical (unpaired) electrons. The molecule has 1 aromatic heterocycles. The van der Waals surface area contributed by atoms with Crippen LogP contribution in [-0.2, 0) is 6.54 Å². The minimum atomic E-state index is -0.508. The lowest BCUT2D eigenvalue weighted by molar-refractivity contribution is -0.384. The Balaban J connectivity index is 2.12. The van der Waals surface area contributed by atoms with Crippen LogP contribution in [0.25, 0.3) is 0 Å². The lowest BCUT2D eigenvalue weighted by Gasteiger charge is -2.00. The third kappa shape index (κ3) is 2.51. The number of Topliss-reactive ketones (excluding diaryl/α,β-unsaturated/α-hetero) is 1. The summed E-state index contributed by atoms with van der Waals surface area (Å²) in [6.45, 7) is 0.0673. The Morgan fingerprint density at radius 3 is 2.59 bits per heavy atom. The second kappa shape index (κ2) is 4.52. The molecule has 0 saturated carbocycles. The second-order valence-corrected chi connectivity index (χ2v) is 3.32. The highest BCUT2D eigenvalue weighted by molar-refractivity contribution is 5.96. The molecule has 0 amide bonds. The third-order valence-electron chi connectivity index (χ3n) is 2.17. The first kappa shape index (κ1) is 10.9. The number of non-ortho nitro benzene ring substituents is 1. The van der Waals surface area contributed by atoms with Gasteiger partial charge in [0.15, 0.2) is 5.78 Å². The van der Waals surface area contributed by atoms with E-state index < -0.39 is 4.92 Å². The van der Waals surface area contributed by atoms with Crippen molar-refractivity contribution in [3.8, 4) is 0 Å². The normalized spacial score (nSPS) is 10.1. The Kier molecular flexibility index (Phi) is 2.91. The highest BCUT2D eigenvalue weighted by atomic mass is 16.6. The van der Waals surface area contributed by atoms with Crippen LogP contribution in [-0.4, -0.2) is 25.5 Å². The van der Waals surface area contributed by atoms with Gasteiger partial charge >= 0.3 is 0 Å². The first-order chi connectivity index (χ1) is 8.16. The van der Waals surface area contributed by atoms with Crippen LogP contribution in [0.1, 0.15) is 10.4 Å². The van der Waals surface area contributed by atoms with Crippen molar-refractivity contribution in [2.75, 3.05) is 0 Å². The van der Waals surface area contributed by atoms with Gasteiger partial charge in [-0.1, -0.05) is 0 Å². The highest BCUT2D eigenvalue weighted by Crippen LogP contribution is 2.12. The van der Waals surface area contributed by atoms with E-state index in [-0.39, 0.29) is 18.0 Å². The first-order valence-electron chi connectivity index (χ1n) is 4.77. The van der Waals surface area contributed by atoms with E-state index in [1.54, 1.807) is 0 Å². The minimum absolute atomic E-state index is 0.0395. The number of carbonyl (C=O) groups is 1. The Morgan fingerprint density at radius 2 is 2.06 bits per heavy atom. The zero-order chi connectivity index (χ0) is 12.3. The third-order valence-corrected chi connectivity index (χ3v) is 2.17. The van der Waals surface area contributed by atoms with Crippen molar-refractivity contribution in [2.24, 2.45) is 0 Å². The molecule has 0 bridgehead atoms. The number of rotatable bonds is 4. The molecule has 17 heavy (non-hydrogen) atoms. The zero-order valence-electron chi connectivity index (χ0n) is 8.68. The van der Waals surface area contributed by atoms with Crippen molar-refractivity contribution >= 4 is 11.5 Å². The summed E-state index contributed by atoms with van der Waals surface area (Å²) in [6, 6.07) is 5.46. The van der Waals surface area contributed by atoms with Crippen molar-refractivity contribution < 1.29 is 9.72 Å². The number of hydrogen-bond donors (Lipinski definition) is 0. The molecule has 0 atom stereocenters. The predicted octanol–water partition coefficient (Wildman–Crippen LogP) is 1.07. The number of nitro groups is 1. The number of carbonyl (C=O) groups excluding carboxylic acids is 1. The molecular weight excluding hydrogens is 224 g/mol. The molecule has 1 aromatic carbocycles. The maximum Gasteiger partial charge on any atom is 0.269 e. The van der Waals surface area contributed by atoms with Crippen LogP contribution in [0, 0.1) is 10.1 Å². The lowest BCUT2D eigenvalue weighted by Crippen LogP contribution is -2.10. The van der Waals surface area contributed by atoms with E-state index in [1.807, 2.05) is 0 Å². The van der Waals surface area contributed by atoms with Gasteiger partial charge < -0.3 is 0 Å². The number of nitro benzene ring substituents is 1. The van der Waals surface area contributed by atoms with E-state index in [0.717, 1.165) is 0 Å². The molecule has 0 aliphatic heterocycles. The molecule has 7 nitrogen and oxygen atoms in total. The summed E-state index contributed by atoms with van der Waals surface area (Å²) in [5.74, 6) is -0.176. The molecule has 0 saturated heterocycles. The van der Waals surface area contributed by atoms with Crippen LogP contribution in [0.5, 0.6) is 0 Å². The topological polar surface area (TPSA) is 90.9 Å². The fraction of sp³-hybridized carbons (Fsp3) is 0.100. The molecule has 2 rings (SSSR count). The Morgan fingerprint density at radius 1 is 1.35 bits per heavy atom. The summed E-state index contributed by atoms with van der Waals surface area (Å²) in [4.78, 5) is 25.4. The van der Waals surface area contributed by atoms with E-state index in [9.17, 15) is 14.9 Å². The second-order valence-electron chi connectivity index (χ2n) is 3.32. The summed E-state index contributed by atoms with van der Waals surface area (Å²) in [5.41, 5.74) is 0.369. The molecule has 0 aliphatic rings. The van der Waals surface area contributed by atoms with Crippen molar-refractivity contribution in [1.82, 2.24) is 14.8 Å². The van der Waals surface area contributed by atoms with E-state index in [1.165, 1.54) is 41.6 Å². The molecule has 2 aromatic rings. The van der Waals surface area contributed by atoms with Gasteiger partial charge in [-0.25, -0.2) is 9.67 Å². The summed E-state index contributed by atoms with van der Waals surface area (Å²) in [7, 11) is 0. The largest absolute Gasteiger partial charge is 0.292 e. The maximum atomic E-state index is 11.7. The summed E-state index contributed by atoms with van der Waals surface area (Å²) in [6.07, 6.45) is 2.77. The van der Waals surface area contributed by atoms with Gasteiger partial charge in [-0.3, -0.25) is 14.9 Å². The SMILES string of the molecule is O=C(Cn1cncn1)c1ccc([N+](=O)[O-])cc1. The van der Waals surface area contributed by atoms with E-state index in [2.05, 4.69) is 10.1 Å². The minimum Gasteiger partial charge on any atom is -0.292 e. The average molecular weight is 232 g/mol. The predicted molar refractivity (Wildman–Crippen MR) is 57.4 cm³/mol. The van der Waals surface area contributed by atoms with Crippen molar-refractivity contribution in [3.05, 3.63) is 52.6 Å². The van der Waals surface area contributed by atoms with Crippen LogP contribution in [0.3, 0.4) is 0 Å². The molecule has 0 unspecified atom stereocenters. The Bertz CT molecular complexity index is 533. The fourth-order valence-corrected chi connectivity index (χ4v) is 1.32. The molecule has 7 heteroatoms. The standard InChI is InChI=1S/C10H8N4O3/c15-10(5-13-7-11-6-12-13)8-1-3-9(4-2-8)14(16)17/h1-4,6-7H,5H2. The van der Waals surface area contributed by atoms with Crippen LogP contribution >= 0.6 is 0 Å². The van der Waals surface area contributed by atoms with Crippen molar-refractivity contribution in [2.45, 2.75) is 6.54 Å². The lowest BCUT2D eigenvalue weighted by atomic mass is 10.1. The molecule has 86 valence electrons. The Labute approximate surface area is 95.9 Å². The van der Waals surface area contributed by atoms with Crippen LogP contribution < -0.4 is 0 Å². The van der Waals surface area contributed by atoms with Gasteiger partial charge in [0.1, 0.15) is 19.2 Å². The van der Waals surface area contributed by atoms with Gasteiger partial charge in [0.25, 0.3) is 5.69 Å². The van der Waals surface area contributed by atoms with Gasteiger partial charge in [0.2, 0.25) is 0 Å². The molecule has 1 heterocycles. The van der Waals surface area contributed by atoms with E-state index in [0.29, 0.717) is 5.56 Å². The van der Waals surface area contributed by atoms with E-state index in [4.69, 9.17) is 0 Å². The van der Waals surface area contributed by atoms with Crippen LogP contribution in [0.4, 0.5) is 5.69 Å². The molecule has 0 aliphatic carbocycles. The molecule has 0 spiro atoms. The van der Waals surface area contributed by atoms with Crippen molar-refractivity contribution in [3.63, 3.8) is 0 Å². The summed E-state index contributed by atoms with van der Waals surface area (Å²) >= 11 is 0. The van der Waals surface area contributed by atoms with Crippen molar-refractivity contribution in [1.29, 1.82) is 0 Å². The van der Waals surface area contributed by atoms with Gasteiger partial charge in [0.05, 0.1) is 4.92 Å². The molecule has 0 N–H and O–H groups in total. The number of hydrogen-bond acceptors (Lipinski definition) is 5. The van der Waals surface area contributed by atoms with E-state index >= 15 is 0 Å². The average Bonchev–Trinajstić information content (AvgIpc) is 2.82. The van der Waals surface area contributed by atoms with Gasteiger partial charge in [-0.05, 0) is 12.1 Å². The van der Waals surface area contributed by atoms with Gasteiger partial charge in [-0.15, -0.1) is 0 Å². The first-order valence-corrected chi connectivity index (χ1v) is 4.77. The quantitative estimate of drug-likeness (QED) is 0.446. The monoisotopic (exact) mass is 232 g/mol. The molecular formula is C10H8N4O3. The van der Waals surface area contributed by atoms with Gasteiger partial charge in [0, 0.05) is 17.7 Å². The fourth-order valence-electron chi connectivity index (χ4n) is 1.32.